The predicted molar refractivity (Wildman–Crippen MR) is 55.5 cm³/mol. The zero-order valence-electron chi connectivity index (χ0n) is 7.24. The Bertz CT molecular complexity index is 433. The van der Waals surface area contributed by atoms with Crippen molar-refractivity contribution in [3.63, 3.8) is 0 Å². The zero-order chi connectivity index (χ0) is 9.42. The second-order valence-corrected chi connectivity index (χ2v) is 3.90. The molecule has 0 unspecified atom stereocenters. The van der Waals surface area contributed by atoms with Crippen LogP contribution in [0.2, 0.25) is 0 Å². The fourth-order valence-electron chi connectivity index (χ4n) is 1.22. The molecule has 0 fully saturated rings. The molecule has 0 aromatic carbocycles. The van der Waals surface area contributed by atoms with Crippen LogP contribution in [0.3, 0.4) is 0 Å². The van der Waals surface area contributed by atoms with Gasteiger partial charge in [0.1, 0.15) is 0 Å². The minimum Gasteiger partial charge on any atom is -0.323 e. The van der Waals surface area contributed by atoms with Crippen molar-refractivity contribution >= 4 is 21.6 Å². The monoisotopic (exact) mass is 239 g/mol. The van der Waals surface area contributed by atoms with E-state index < -0.39 is 0 Å². The van der Waals surface area contributed by atoms with Crippen molar-refractivity contribution in [3.05, 3.63) is 34.7 Å². The third-order valence-electron chi connectivity index (χ3n) is 1.92. The second-order valence-electron chi connectivity index (χ2n) is 3.04. The molecule has 2 aromatic heterocycles. The van der Waals surface area contributed by atoms with Gasteiger partial charge >= 0.3 is 0 Å². The number of aromatic nitrogens is 2. The van der Waals surface area contributed by atoms with Gasteiger partial charge in [0.05, 0.1) is 10.2 Å². The molecule has 0 saturated carbocycles. The highest BCUT2D eigenvalue weighted by Crippen LogP contribution is 2.18. The van der Waals surface area contributed by atoms with Gasteiger partial charge < -0.3 is 10.1 Å². The largest absolute Gasteiger partial charge is 0.323 e. The molecule has 1 atom stereocenters. The number of nitrogens with two attached hydrogens (primary N) is 1. The molecular weight excluding hydrogens is 230 g/mol. The minimum absolute atomic E-state index is 0.0215. The molecule has 2 aromatic rings. The van der Waals surface area contributed by atoms with Crippen molar-refractivity contribution in [2.24, 2.45) is 5.73 Å². The van der Waals surface area contributed by atoms with Gasteiger partial charge in [-0.05, 0) is 35.0 Å². The van der Waals surface area contributed by atoms with E-state index in [4.69, 9.17) is 5.73 Å². The van der Waals surface area contributed by atoms with Crippen LogP contribution < -0.4 is 5.73 Å². The number of halogens is 1. The first-order valence-electron chi connectivity index (χ1n) is 4.07. The lowest BCUT2D eigenvalue weighted by Crippen LogP contribution is -2.04. The van der Waals surface area contributed by atoms with Crippen molar-refractivity contribution < 1.29 is 0 Å². The summed E-state index contributed by atoms with van der Waals surface area (Å²) in [6, 6.07) is 3.91. The highest BCUT2D eigenvalue weighted by atomic mass is 79.9. The fraction of sp³-hybridized carbons (Fsp3) is 0.222. The van der Waals surface area contributed by atoms with Gasteiger partial charge in [-0.2, -0.15) is 0 Å². The summed E-state index contributed by atoms with van der Waals surface area (Å²) in [7, 11) is 0. The molecule has 0 aliphatic heterocycles. The molecule has 0 radical (unpaired) electrons. The van der Waals surface area contributed by atoms with E-state index in [0.717, 1.165) is 15.8 Å². The Morgan fingerprint density at radius 1 is 1.62 bits per heavy atom. The van der Waals surface area contributed by atoms with Crippen molar-refractivity contribution in [2.75, 3.05) is 0 Å². The molecule has 0 bridgehead atoms. The van der Waals surface area contributed by atoms with Crippen LogP contribution in [0, 0.1) is 0 Å². The van der Waals surface area contributed by atoms with E-state index in [1.165, 1.54) is 0 Å². The van der Waals surface area contributed by atoms with Gasteiger partial charge in [-0.15, -0.1) is 0 Å². The summed E-state index contributed by atoms with van der Waals surface area (Å²) in [5.41, 5.74) is 7.56. The molecule has 2 N–H and O–H groups in total. The van der Waals surface area contributed by atoms with Crippen LogP contribution in [0.4, 0.5) is 0 Å². The van der Waals surface area contributed by atoms with Gasteiger partial charge in [0.2, 0.25) is 0 Å². The normalized spacial score (nSPS) is 13.5. The number of hydrogen-bond acceptors (Lipinski definition) is 2. The molecule has 0 aliphatic rings. The lowest BCUT2D eigenvalue weighted by molar-refractivity contribution is 0.790. The number of fused-ring (bicyclic) bond motifs is 1. The van der Waals surface area contributed by atoms with Gasteiger partial charge in [0, 0.05) is 18.4 Å². The van der Waals surface area contributed by atoms with Crippen LogP contribution in [0.25, 0.3) is 5.65 Å². The van der Waals surface area contributed by atoms with E-state index in [-0.39, 0.29) is 6.04 Å². The highest BCUT2D eigenvalue weighted by molar-refractivity contribution is 9.10. The fourth-order valence-corrected chi connectivity index (χ4v) is 1.66. The number of imidazole rings is 1. The Morgan fingerprint density at radius 3 is 3.00 bits per heavy atom. The Labute approximate surface area is 84.7 Å². The maximum Gasteiger partial charge on any atom is 0.151 e. The third kappa shape index (κ3) is 1.47. The van der Waals surface area contributed by atoms with E-state index in [1.807, 2.05) is 35.9 Å². The summed E-state index contributed by atoms with van der Waals surface area (Å²) >= 11 is 3.44. The lowest BCUT2D eigenvalue weighted by Gasteiger charge is -1.95. The number of rotatable bonds is 1. The van der Waals surface area contributed by atoms with Crippen LogP contribution in [0.15, 0.2) is 29.0 Å². The van der Waals surface area contributed by atoms with Crippen LogP contribution in [0.1, 0.15) is 18.7 Å². The first kappa shape index (κ1) is 8.72. The maximum absolute atomic E-state index is 5.74. The summed E-state index contributed by atoms with van der Waals surface area (Å²) in [6.07, 6.45) is 3.91. The van der Waals surface area contributed by atoms with E-state index in [1.54, 1.807) is 0 Å². The minimum atomic E-state index is -0.0215. The molecule has 3 nitrogen and oxygen atoms in total. The lowest BCUT2D eigenvalue weighted by atomic mass is 10.3. The molecule has 2 heterocycles. The van der Waals surface area contributed by atoms with Gasteiger partial charge in [0.25, 0.3) is 0 Å². The molecule has 0 spiro atoms. The molecule has 0 amide bonds. The summed E-state index contributed by atoms with van der Waals surface area (Å²) in [5.74, 6) is 0. The van der Waals surface area contributed by atoms with Crippen molar-refractivity contribution in [1.29, 1.82) is 0 Å². The van der Waals surface area contributed by atoms with Crippen molar-refractivity contribution in [3.8, 4) is 0 Å². The van der Waals surface area contributed by atoms with E-state index in [2.05, 4.69) is 20.9 Å². The van der Waals surface area contributed by atoms with Gasteiger partial charge in [0.15, 0.2) is 5.65 Å². The standard InChI is InChI=1S/C9H10BrN3/c1-6(11)8-5-13-4-2-3-7(10)9(13)12-8/h2-6H,11H2,1H3/t6-/m1/s1. The van der Waals surface area contributed by atoms with E-state index in [0.29, 0.717) is 0 Å². The molecule has 0 aliphatic carbocycles. The molecule has 4 heteroatoms. The first-order chi connectivity index (χ1) is 6.18. The highest BCUT2D eigenvalue weighted by Gasteiger charge is 2.06. The molecule has 13 heavy (non-hydrogen) atoms. The molecule has 68 valence electrons. The predicted octanol–water partition coefficient (Wildman–Crippen LogP) is 2.12. The summed E-state index contributed by atoms with van der Waals surface area (Å²) < 4.78 is 2.95. The van der Waals surface area contributed by atoms with Gasteiger partial charge in [-0.1, -0.05) is 0 Å². The Kier molecular flexibility index (Phi) is 2.09. The smallest absolute Gasteiger partial charge is 0.151 e. The van der Waals surface area contributed by atoms with E-state index in [9.17, 15) is 0 Å². The maximum atomic E-state index is 5.74. The number of pyridine rings is 1. The van der Waals surface area contributed by atoms with Crippen LogP contribution in [-0.4, -0.2) is 9.38 Å². The topological polar surface area (TPSA) is 43.3 Å². The Morgan fingerprint density at radius 2 is 2.38 bits per heavy atom. The SMILES string of the molecule is C[C@@H](N)c1cn2cccc(Br)c2n1. The molecule has 2 rings (SSSR count). The van der Waals surface area contributed by atoms with Crippen LogP contribution in [-0.2, 0) is 0 Å². The Balaban J connectivity index is 2.68. The van der Waals surface area contributed by atoms with Crippen molar-refractivity contribution in [1.82, 2.24) is 9.38 Å². The van der Waals surface area contributed by atoms with E-state index >= 15 is 0 Å². The average Bonchev–Trinajstić information content (AvgIpc) is 2.49. The van der Waals surface area contributed by atoms with Crippen LogP contribution >= 0.6 is 15.9 Å². The summed E-state index contributed by atoms with van der Waals surface area (Å²) in [4.78, 5) is 4.40. The molecular formula is C9H10BrN3. The second kappa shape index (κ2) is 3.12. The van der Waals surface area contributed by atoms with Crippen LogP contribution in [0.5, 0.6) is 0 Å². The quantitative estimate of drug-likeness (QED) is 0.829. The number of nitrogens with zero attached hydrogens (tertiary/aromatic N) is 2. The van der Waals surface area contributed by atoms with Gasteiger partial charge in [-0.25, -0.2) is 4.98 Å². The zero-order valence-corrected chi connectivity index (χ0v) is 8.82. The summed E-state index contributed by atoms with van der Waals surface area (Å²) in [6.45, 7) is 1.93. The first-order valence-corrected chi connectivity index (χ1v) is 4.86. The van der Waals surface area contributed by atoms with Crippen molar-refractivity contribution in [2.45, 2.75) is 13.0 Å². The Hall–Kier alpha value is -0.870. The van der Waals surface area contributed by atoms with Gasteiger partial charge in [-0.3, -0.25) is 0 Å². The molecule has 0 saturated heterocycles. The average molecular weight is 240 g/mol. The third-order valence-corrected chi connectivity index (χ3v) is 2.54. The summed E-state index contributed by atoms with van der Waals surface area (Å²) in [5, 5.41) is 0. The number of hydrogen-bond donors (Lipinski definition) is 1.